The molecule has 1 atom stereocenters. The third kappa shape index (κ3) is 1.96. The lowest BCUT2D eigenvalue weighted by atomic mass is 9.85. The highest BCUT2D eigenvalue weighted by Gasteiger charge is 2.36. The first kappa shape index (κ1) is 12.6. The van der Waals surface area contributed by atoms with E-state index in [1.54, 1.807) is 12.1 Å². The molecule has 0 saturated heterocycles. The molecular formula is C16H15ClFN. The van der Waals surface area contributed by atoms with Crippen LogP contribution in [0.5, 0.6) is 0 Å². The molecule has 1 aliphatic carbocycles. The van der Waals surface area contributed by atoms with Crippen molar-refractivity contribution in [3.8, 4) is 0 Å². The van der Waals surface area contributed by atoms with Gasteiger partial charge in [0.2, 0.25) is 0 Å². The Bertz CT molecular complexity index is 653. The van der Waals surface area contributed by atoms with E-state index in [9.17, 15) is 4.39 Å². The fraction of sp³-hybridized carbons (Fsp3) is 0.250. The second-order valence-electron chi connectivity index (χ2n) is 5.24. The number of nitrogens with two attached hydrogens (primary N) is 1. The normalized spacial score (nSPS) is 21.5. The van der Waals surface area contributed by atoms with Crippen molar-refractivity contribution in [2.24, 2.45) is 5.73 Å². The number of aryl methyl sites for hydroxylation is 2. The largest absolute Gasteiger partial charge is 0.318 e. The van der Waals surface area contributed by atoms with Crippen LogP contribution in [0.1, 0.15) is 28.7 Å². The minimum atomic E-state index is -0.555. The molecular weight excluding hydrogens is 261 g/mol. The summed E-state index contributed by atoms with van der Waals surface area (Å²) in [5.74, 6) is -0.204. The van der Waals surface area contributed by atoms with Gasteiger partial charge in [-0.3, -0.25) is 0 Å². The summed E-state index contributed by atoms with van der Waals surface area (Å²) in [5.41, 5.74) is 10.1. The van der Waals surface area contributed by atoms with Crippen molar-refractivity contribution in [3.05, 3.63) is 69.5 Å². The standard InChI is InChI=1S/C16H15ClFN/c1-10-2-3-12(9-15(10)17)16(19)7-6-11-8-13(18)4-5-14(11)16/h2-5,8-9H,6-7,19H2,1H3. The average Bonchev–Trinajstić information content (AvgIpc) is 2.71. The molecule has 98 valence electrons. The van der Waals surface area contributed by atoms with E-state index in [-0.39, 0.29) is 5.82 Å². The van der Waals surface area contributed by atoms with Crippen molar-refractivity contribution in [2.45, 2.75) is 25.3 Å². The molecule has 3 rings (SSSR count). The van der Waals surface area contributed by atoms with E-state index in [1.807, 2.05) is 25.1 Å². The van der Waals surface area contributed by atoms with Gasteiger partial charge >= 0.3 is 0 Å². The fourth-order valence-electron chi connectivity index (χ4n) is 2.84. The van der Waals surface area contributed by atoms with Crippen LogP contribution in [0.2, 0.25) is 5.02 Å². The van der Waals surface area contributed by atoms with Gasteiger partial charge < -0.3 is 5.73 Å². The molecule has 0 radical (unpaired) electrons. The van der Waals surface area contributed by atoms with Crippen LogP contribution in [0.25, 0.3) is 0 Å². The monoisotopic (exact) mass is 275 g/mol. The fourth-order valence-corrected chi connectivity index (χ4v) is 3.02. The number of hydrogen-bond donors (Lipinski definition) is 1. The van der Waals surface area contributed by atoms with E-state index in [2.05, 4.69) is 0 Å². The van der Waals surface area contributed by atoms with Crippen LogP contribution in [0.15, 0.2) is 36.4 Å². The van der Waals surface area contributed by atoms with Gasteiger partial charge in [0.05, 0.1) is 5.54 Å². The van der Waals surface area contributed by atoms with Crippen LogP contribution in [-0.4, -0.2) is 0 Å². The van der Waals surface area contributed by atoms with Gasteiger partial charge in [-0.15, -0.1) is 0 Å². The Morgan fingerprint density at radius 2 is 2.00 bits per heavy atom. The highest BCUT2D eigenvalue weighted by Crippen LogP contribution is 2.41. The molecule has 0 aromatic heterocycles. The summed E-state index contributed by atoms with van der Waals surface area (Å²) in [6, 6.07) is 10.8. The third-order valence-electron chi connectivity index (χ3n) is 4.02. The van der Waals surface area contributed by atoms with Gasteiger partial charge in [-0.25, -0.2) is 4.39 Å². The van der Waals surface area contributed by atoms with Crippen molar-refractivity contribution in [3.63, 3.8) is 0 Å². The van der Waals surface area contributed by atoms with Gasteiger partial charge in [0.15, 0.2) is 0 Å². The smallest absolute Gasteiger partial charge is 0.123 e. The number of rotatable bonds is 1. The van der Waals surface area contributed by atoms with Crippen LogP contribution in [0.4, 0.5) is 4.39 Å². The Kier molecular flexibility index (Phi) is 2.88. The van der Waals surface area contributed by atoms with E-state index in [0.717, 1.165) is 40.1 Å². The molecule has 1 unspecified atom stereocenters. The highest BCUT2D eigenvalue weighted by atomic mass is 35.5. The number of halogens is 2. The molecule has 2 N–H and O–H groups in total. The van der Waals surface area contributed by atoms with Gasteiger partial charge in [-0.2, -0.15) is 0 Å². The Labute approximate surface area is 117 Å². The third-order valence-corrected chi connectivity index (χ3v) is 4.43. The lowest BCUT2D eigenvalue weighted by molar-refractivity contribution is 0.534. The van der Waals surface area contributed by atoms with Crippen molar-refractivity contribution >= 4 is 11.6 Å². The Hall–Kier alpha value is -1.38. The van der Waals surface area contributed by atoms with Crippen molar-refractivity contribution in [1.82, 2.24) is 0 Å². The minimum Gasteiger partial charge on any atom is -0.318 e. The molecule has 2 aromatic carbocycles. The summed E-state index contributed by atoms with van der Waals surface area (Å²) >= 11 is 6.19. The first-order chi connectivity index (χ1) is 9.00. The van der Waals surface area contributed by atoms with Crippen LogP contribution in [0.3, 0.4) is 0 Å². The average molecular weight is 276 g/mol. The zero-order chi connectivity index (χ0) is 13.6. The lowest BCUT2D eigenvalue weighted by Crippen LogP contribution is -2.35. The summed E-state index contributed by atoms with van der Waals surface area (Å²) < 4.78 is 13.3. The van der Waals surface area contributed by atoms with E-state index in [4.69, 9.17) is 17.3 Å². The Morgan fingerprint density at radius 1 is 1.21 bits per heavy atom. The molecule has 0 amide bonds. The van der Waals surface area contributed by atoms with Crippen LogP contribution < -0.4 is 5.73 Å². The first-order valence-corrected chi connectivity index (χ1v) is 6.73. The minimum absolute atomic E-state index is 0.204. The summed E-state index contributed by atoms with van der Waals surface area (Å²) in [5, 5.41) is 0.720. The first-order valence-electron chi connectivity index (χ1n) is 6.35. The topological polar surface area (TPSA) is 26.0 Å². The summed E-state index contributed by atoms with van der Waals surface area (Å²) in [6.07, 6.45) is 1.58. The van der Waals surface area contributed by atoms with Crippen LogP contribution in [0, 0.1) is 12.7 Å². The number of hydrogen-bond acceptors (Lipinski definition) is 1. The SMILES string of the molecule is Cc1ccc(C2(N)CCc3cc(F)ccc32)cc1Cl. The van der Waals surface area contributed by atoms with Crippen molar-refractivity contribution < 1.29 is 4.39 Å². The van der Waals surface area contributed by atoms with E-state index in [1.165, 1.54) is 6.07 Å². The molecule has 3 heteroatoms. The lowest BCUT2D eigenvalue weighted by Gasteiger charge is -2.26. The molecule has 2 aromatic rings. The molecule has 1 nitrogen and oxygen atoms in total. The van der Waals surface area contributed by atoms with Crippen molar-refractivity contribution in [1.29, 1.82) is 0 Å². The van der Waals surface area contributed by atoms with Gasteiger partial charge in [-0.1, -0.05) is 29.8 Å². The molecule has 1 aliphatic rings. The van der Waals surface area contributed by atoms with Crippen molar-refractivity contribution in [2.75, 3.05) is 0 Å². The van der Waals surface area contributed by atoms with Crippen LogP contribution >= 0.6 is 11.6 Å². The summed E-state index contributed by atoms with van der Waals surface area (Å²) in [7, 11) is 0. The van der Waals surface area contributed by atoms with E-state index < -0.39 is 5.54 Å². The maximum absolute atomic E-state index is 13.3. The maximum Gasteiger partial charge on any atom is 0.123 e. The van der Waals surface area contributed by atoms with Crippen LogP contribution in [-0.2, 0) is 12.0 Å². The van der Waals surface area contributed by atoms with E-state index in [0.29, 0.717) is 0 Å². The molecule has 0 fully saturated rings. The van der Waals surface area contributed by atoms with Gasteiger partial charge in [-0.05, 0) is 60.2 Å². The van der Waals surface area contributed by atoms with Gasteiger partial charge in [0.1, 0.15) is 5.82 Å². The zero-order valence-corrected chi connectivity index (χ0v) is 11.5. The molecule has 0 bridgehead atoms. The Balaban J connectivity index is 2.13. The number of fused-ring (bicyclic) bond motifs is 1. The highest BCUT2D eigenvalue weighted by molar-refractivity contribution is 6.31. The molecule has 0 aliphatic heterocycles. The quantitative estimate of drug-likeness (QED) is 0.838. The molecule has 0 heterocycles. The molecule has 19 heavy (non-hydrogen) atoms. The zero-order valence-electron chi connectivity index (χ0n) is 10.7. The predicted octanol–water partition coefficient (Wildman–Crippen LogP) is 3.94. The second kappa shape index (κ2) is 4.32. The molecule has 0 spiro atoms. The summed E-state index contributed by atoms with van der Waals surface area (Å²) in [4.78, 5) is 0. The second-order valence-corrected chi connectivity index (χ2v) is 5.64. The maximum atomic E-state index is 13.3. The number of benzene rings is 2. The van der Waals surface area contributed by atoms with Gasteiger partial charge in [0.25, 0.3) is 0 Å². The van der Waals surface area contributed by atoms with Gasteiger partial charge in [0, 0.05) is 5.02 Å². The predicted molar refractivity (Wildman–Crippen MR) is 75.9 cm³/mol. The van der Waals surface area contributed by atoms with E-state index >= 15 is 0 Å². The Morgan fingerprint density at radius 3 is 2.74 bits per heavy atom. The molecule has 0 saturated carbocycles. The summed E-state index contributed by atoms with van der Waals surface area (Å²) in [6.45, 7) is 1.97.